The molecule has 0 fully saturated rings. The normalized spacial score (nSPS) is 16.6. The van der Waals surface area contributed by atoms with Crippen molar-refractivity contribution in [2.75, 3.05) is 6.67 Å². The van der Waals surface area contributed by atoms with Gasteiger partial charge in [-0.2, -0.15) is 0 Å². The van der Waals surface area contributed by atoms with Crippen LogP contribution in [-0.2, 0) is 4.79 Å². The van der Waals surface area contributed by atoms with Crippen LogP contribution in [0, 0.1) is 0 Å². The lowest BCUT2D eigenvalue weighted by atomic mass is 10.1. The van der Waals surface area contributed by atoms with E-state index in [0.29, 0.717) is 12.4 Å². The van der Waals surface area contributed by atoms with Crippen LogP contribution in [0.2, 0.25) is 0 Å². The zero-order valence-electron chi connectivity index (χ0n) is 9.05. The third kappa shape index (κ3) is 1.86. The first kappa shape index (κ1) is 10.5. The molecule has 0 radical (unpaired) electrons. The van der Waals surface area contributed by atoms with Gasteiger partial charge < -0.3 is 15.3 Å². The van der Waals surface area contributed by atoms with Crippen LogP contribution in [-0.4, -0.2) is 22.6 Å². The van der Waals surface area contributed by atoms with Crippen LogP contribution in [0.4, 0.5) is 0 Å². The second kappa shape index (κ2) is 4.26. The van der Waals surface area contributed by atoms with Gasteiger partial charge in [-0.05, 0) is 12.5 Å². The Balaban J connectivity index is 2.20. The summed E-state index contributed by atoms with van der Waals surface area (Å²) in [6, 6.07) is 9.93. The van der Waals surface area contributed by atoms with Gasteiger partial charge in [0, 0.05) is 6.20 Å². The van der Waals surface area contributed by atoms with Crippen molar-refractivity contribution in [2.45, 2.75) is 13.0 Å². The number of benzene rings is 1. The average Bonchev–Trinajstić information content (AvgIpc) is 2.78. The standard InChI is InChI=1S/C12H14N2O2/c1-9(10-5-3-2-4-6-10)14-8-13-7-11(14)12(15)16/h2-7,9,13H,8H2,1H3,(H,15,16)/t9-/m1/s1. The molecule has 1 aromatic rings. The minimum atomic E-state index is -0.896. The summed E-state index contributed by atoms with van der Waals surface area (Å²) in [6.07, 6.45) is 1.54. The number of hydrogen-bond donors (Lipinski definition) is 2. The second-order valence-electron chi connectivity index (χ2n) is 3.75. The Labute approximate surface area is 94.2 Å². The van der Waals surface area contributed by atoms with Gasteiger partial charge in [-0.1, -0.05) is 30.3 Å². The van der Waals surface area contributed by atoms with E-state index in [-0.39, 0.29) is 6.04 Å². The smallest absolute Gasteiger partial charge is 0.353 e. The third-order valence-corrected chi connectivity index (χ3v) is 2.78. The topological polar surface area (TPSA) is 52.6 Å². The zero-order valence-corrected chi connectivity index (χ0v) is 9.05. The highest BCUT2D eigenvalue weighted by Crippen LogP contribution is 2.25. The summed E-state index contributed by atoms with van der Waals surface area (Å²) in [5, 5.41) is 12.0. The number of carboxylic acids is 1. The predicted molar refractivity (Wildman–Crippen MR) is 60.4 cm³/mol. The number of carboxylic acid groups (broad SMARTS) is 1. The number of aliphatic carboxylic acids is 1. The van der Waals surface area contributed by atoms with E-state index in [0.717, 1.165) is 5.56 Å². The molecule has 2 N–H and O–H groups in total. The molecule has 0 amide bonds. The van der Waals surface area contributed by atoms with Gasteiger partial charge in [-0.25, -0.2) is 4.79 Å². The first-order chi connectivity index (χ1) is 7.70. The van der Waals surface area contributed by atoms with Gasteiger partial charge in [-0.3, -0.25) is 0 Å². The molecule has 0 spiro atoms. The minimum absolute atomic E-state index is 0.0542. The molecular weight excluding hydrogens is 204 g/mol. The first-order valence-corrected chi connectivity index (χ1v) is 5.18. The van der Waals surface area contributed by atoms with Gasteiger partial charge in [0.2, 0.25) is 0 Å². The zero-order chi connectivity index (χ0) is 11.5. The molecule has 0 saturated carbocycles. The first-order valence-electron chi connectivity index (χ1n) is 5.18. The van der Waals surface area contributed by atoms with Crippen LogP contribution in [0.5, 0.6) is 0 Å². The highest BCUT2D eigenvalue weighted by Gasteiger charge is 2.25. The molecule has 84 valence electrons. The molecule has 0 saturated heterocycles. The monoisotopic (exact) mass is 218 g/mol. The largest absolute Gasteiger partial charge is 0.477 e. The van der Waals surface area contributed by atoms with Gasteiger partial charge in [0.25, 0.3) is 0 Å². The van der Waals surface area contributed by atoms with Gasteiger partial charge in [-0.15, -0.1) is 0 Å². The van der Waals surface area contributed by atoms with E-state index in [2.05, 4.69) is 5.32 Å². The van der Waals surface area contributed by atoms with Crippen LogP contribution in [0.15, 0.2) is 42.2 Å². The predicted octanol–water partition coefficient (Wildman–Crippen LogP) is 1.54. The van der Waals surface area contributed by atoms with E-state index in [4.69, 9.17) is 5.11 Å². The fourth-order valence-corrected chi connectivity index (χ4v) is 1.85. The molecule has 1 heterocycles. The lowest BCUT2D eigenvalue weighted by Crippen LogP contribution is -2.29. The molecule has 0 unspecified atom stereocenters. The maximum atomic E-state index is 11.0. The fourth-order valence-electron chi connectivity index (χ4n) is 1.85. The summed E-state index contributed by atoms with van der Waals surface area (Å²) in [7, 11) is 0. The van der Waals surface area contributed by atoms with Crippen molar-refractivity contribution < 1.29 is 9.90 Å². The summed E-state index contributed by atoms with van der Waals surface area (Å²) < 4.78 is 0. The molecule has 16 heavy (non-hydrogen) atoms. The molecule has 4 nitrogen and oxygen atoms in total. The van der Waals surface area contributed by atoms with E-state index in [9.17, 15) is 4.79 Å². The van der Waals surface area contributed by atoms with Crippen LogP contribution >= 0.6 is 0 Å². The van der Waals surface area contributed by atoms with E-state index in [1.165, 1.54) is 0 Å². The van der Waals surface area contributed by atoms with E-state index >= 15 is 0 Å². The summed E-state index contributed by atoms with van der Waals surface area (Å²) in [4.78, 5) is 12.8. The Bertz CT molecular complexity index is 414. The average molecular weight is 218 g/mol. The van der Waals surface area contributed by atoms with Crippen molar-refractivity contribution in [3.63, 3.8) is 0 Å². The van der Waals surface area contributed by atoms with Gasteiger partial charge in [0.1, 0.15) is 5.70 Å². The van der Waals surface area contributed by atoms with E-state index in [1.807, 2.05) is 42.2 Å². The quantitative estimate of drug-likeness (QED) is 0.808. The molecule has 0 aliphatic carbocycles. The third-order valence-electron chi connectivity index (χ3n) is 2.78. The summed E-state index contributed by atoms with van der Waals surface area (Å²) in [5.41, 5.74) is 1.43. The molecule has 1 aliphatic rings. The van der Waals surface area contributed by atoms with Crippen molar-refractivity contribution in [3.05, 3.63) is 47.8 Å². The molecule has 1 atom stereocenters. The molecule has 4 heteroatoms. The van der Waals surface area contributed by atoms with E-state index < -0.39 is 5.97 Å². The number of carbonyl (C=O) groups is 1. The number of rotatable bonds is 3. The van der Waals surface area contributed by atoms with Gasteiger partial charge in [0.15, 0.2) is 0 Å². The maximum Gasteiger partial charge on any atom is 0.353 e. The molecule has 2 rings (SSSR count). The number of nitrogens with one attached hydrogen (secondary N) is 1. The van der Waals surface area contributed by atoms with Gasteiger partial charge >= 0.3 is 5.97 Å². The second-order valence-corrected chi connectivity index (χ2v) is 3.75. The summed E-state index contributed by atoms with van der Waals surface area (Å²) >= 11 is 0. The molecule has 0 bridgehead atoms. The van der Waals surface area contributed by atoms with Crippen LogP contribution in [0.1, 0.15) is 18.5 Å². The lowest BCUT2D eigenvalue weighted by molar-refractivity contribution is -0.134. The lowest BCUT2D eigenvalue weighted by Gasteiger charge is -2.26. The summed E-state index contributed by atoms with van der Waals surface area (Å²) in [5.74, 6) is -0.896. The summed E-state index contributed by atoms with van der Waals surface area (Å²) in [6.45, 7) is 2.54. The van der Waals surface area contributed by atoms with Crippen molar-refractivity contribution in [2.24, 2.45) is 0 Å². The van der Waals surface area contributed by atoms with Crippen molar-refractivity contribution in [1.29, 1.82) is 0 Å². The maximum absolute atomic E-state index is 11.0. The fraction of sp³-hybridized carbons (Fsp3) is 0.250. The van der Waals surface area contributed by atoms with Crippen LogP contribution in [0.3, 0.4) is 0 Å². The van der Waals surface area contributed by atoms with Crippen molar-refractivity contribution >= 4 is 5.97 Å². The highest BCUT2D eigenvalue weighted by atomic mass is 16.4. The Morgan fingerprint density at radius 1 is 1.44 bits per heavy atom. The highest BCUT2D eigenvalue weighted by molar-refractivity contribution is 5.86. The van der Waals surface area contributed by atoms with Gasteiger partial charge in [0.05, 0.1) is 12.7 Å². The Morgan fingerprint density at radius 2 is 2.12 bits per heavy atom. The van der Waals surface area contributed by atoms with Crippen LogP contribution in [0.25, 0.3) is 0 Å². The molecule has 1 aromatic carbocycles. The SMILES string of the molecule is C[C@H](c1ccccc1)N1CNC=C1C(=O)O. The minimum Gasteiger partial charge on any atom is -0.477 e. The van der Waals surface area contributed by atoms with Crippen molar-refractivity contribution in [1.82, 2.24) is 10.2 Å². The Kier molecular flexibility index (Phi) is 2.81. The molecule has 1 aliphatic heterocycles. The van der Waals surface area contributed by atoms with Crippen molar-refractivity contribution in [3.8, 4) is 0 Å². The number of hydrogen-bond acceptors (Lipinski definition) is 3. The molecular formula is C12H14N2O2. The van der Waals surface area contributed by atoms with E-state index in [1.54, 1.807) is 6.20 Å². The van der Waals surface area contributed by atoms with Crippen LogP contribution < -0.4 is 5.32 Å². The molecule has 0 aromatic heterocycles. The Morgan fingerprint density at radius 3 is 2.75 bits per heavy atom. The Hall–Kier alpha value is -1.97. The number of nitrogens with zero attached hydrogens (tertiary/aromatic N) is 1.